The number of hydrogen-bond donors (Lipinski definition) is 0. The topological polar surface area (TPSA) is 22.0 Å². The molecular formula is C7H11NOS. The molecule has 0 atom stereocenters. The maximum atomic E-state index is 10.7. The lowest BCUT2D eigenvalue weighted by atomic mass is 10.3. The fourth-order valence-electron chi connectivity index (χ4n) is 0.755. The molecule has 1 rings (SSSR count). The van der Waals surface area contributed by atoms with Crippen molar-refractivity contribution in [3.8, 4) is 0 Å². The van der Waals surface area contributed by atoms with E-state index in [0.717, 1.165) is 13.0 Å². The quantitative estimate of drug-likeness (QED) is 0.654. The van der Waals surface area contributed by atoms with Crippen molar-refractivity contribution in [2.75, 3.05) is 0 Å². The normalized spacial score (nSPS) is 10.1. The maximum absolute atomic E-state index is 10.7. The second-order valence-electron chi connectivity index (χ2n) is 2.22. The van der Waals surface area contributed by atoms with E-state index in [0.29, 0.717) is 0 Å². The molecular weight excluding hydrogens is 146 g/mol. The summed E-state index contributed by atoms with van der Waals surface area (Å²) >= 11 is 1.29. The van der Waals surface area contributed by atoms with Crippen LogP contribution >= 0.6 is 11.5 Å². The second kappa shape index (κ2) is 3.56. The van der Waals surface area contributed by atoms with E-state index < -0.39 is 0 Å². The molecule has 0 spiro atoms. The number of aromatic nitrogens is 1. The predicted octanol–water partition coefficient (Wildman–Crippen LogP) is 1.71. The second-order valence-corrected chi connectivity index (χ2v) is 3.27. The summed E-state index contributed by atoms with van der Waals surface area (Å²) in [6.07, 6.45) is 4.19. The van der Waals surface area contributed by atoms with Crippen molar-refractivity contribution in [2.45, 2.75) is 26.3 Å². The van der Waals surface area contributed by atoms with Crippen molar-refractivity contribution in [1.29, 1.82) is 0 Å². The Bertz CT molecular complexity index is 238. The van der Waals surface area contributed by atoms with Gasteiger partial charge in [-0.3, -0.25) is 4.79 Å². The van der Waals surface area contributed by atoms with Crippen molar-refractivity contribution in [3.63, 3.8) is 0 Å². The molecule has 0 fully saturated rings. The van der Waals surface area contributed by atoms with E-state index in [4.69, 9.17) is 0 Å². The highest BCUT2D eigenvalue weighted by molar-refractivity contribution is 7.03. The lowest BCUT2D eigenvalue weighted by Crippen LogP contribution is -1.91. The van der Waals surface area contributed by atoms with Crippen molar-refractivity contribution in [2.24, 2.45) is 0 Å². The lowest BCUT2D eigenvalue weighted by molar-refractivity contribution is 0.671. The van der Waals surface area contributed by atoms with Crippen molar-refractivity contribution >= 4 is 11.5 Å². The third-order valence-electron chi connectivity index (χ3n) is 1.32. The Balaban J connectivity index is 2.50. The molecule has 3 heteroatoms. The predicted molar refractivity (Wildman–Crippen MR) is 43.5 cm³/mol. The molecule has 1 aromatic rings. The van der Waals surface area contributed by atoms with Gasteiger partial charge in [0.2, 0.25) is 4.74 Å². The molecule has 0 amide bonds. The van der Waals surface area contributed by atoms with Gasteiger partial charge in [-0.2, -0.15) is 0 Å². The fourth-order valence-corrected chi connectivity index (χ4v) is 1.45. The molecule has 56 valence electrons. The molecule has 0 saturated heterocycles. The highest BCUT2D eigenvalue weighted by atomic mass is 32.1. The molecule has 1 heterocycles. The van der Waals surface area contributed by atoms with Gasteiger partial charge in [0.1, 0.15) is 0 Å². The van der Waals surface area contributed by atoms with E-state index in [1.807, 2.05) is 10.2 Å². The fraction of sp³-hybridized carbons (Fsp3) is 0.571. The van der Waals surface area contributed by atoms with Crippen molar-refractivity contribution in [3.05, 3.63) is 21.8 Å². The zero-order chi connectivity index (χ0) is 7.40. The Hall–Kier alpha value is -0.570. The summed E-state index contributed by atoms with van der Waals surface area (Å²) in [6, 6.07) is 1.61. The molecule has 0 bridgehead atoms. The Kier molecular flexibility index (Phi) is 2.68. The zero-order valence-corrected chi connectivity index (χ0v) is 6.86. The number of unbranched alkanes of at least 4 members (excludes halogenated alkanes) is 1. The molecule has 1 aromatic heterocycles. The Morgan fingerprint density at radius 2 is 2.50 bits per heavy atom. The van der Waals surface area contributed by atoms with E-state index in [1.54, 1.807) is 6.07 Å². The SMILES string of the molecule is CCCCn1ccc(=O)s1. The van der Waals surface area contributed by atoms with Crippen LogP contribution in [0, 0.1) is 0 Å². The standard InChI is InChI=1S/C7H11NOS/c1-2-3-5-8-6-4-7(9)10-8/h4,6H,2-3,5H2,1H3. The van der Waals surface area contributed by atoms with Crippen LogP contribution in [0.2, 0.25) is 0 Å². The van der Waals surface area contributed by atoms with Gasteiger partial charge >= 0.3 is 0 Å². The van der Waals surface area contributed by atoms with Gasteiger partial charge in [-0.1, -0.05) is 13.3 Å². The van der Waals surface area contributed by atoms with Gasteiger partial charge in [0.15, 0.2) is 0 Å². The number of rotatable bonds is 3. The van der Waals surface area contributed by atoms with E-state index in [-0.39, 0.29) is 4.74 Å². The van der Waals surface area contributed by atoms with E-state index in [1.165, 1.54) is 18.0 Å². The summed E-state index contributed by atoms with van der Waals surface area (Å²) in [4.78, 5) is 10.7. The van der Waals surface area contributed by atoms with Gasteiger partial charge in [-0.05, 0) is 18.0 Å². The first kappa shape index (κ1) is 7.54. The Labute approximate surface area is 64.3 Å². The summed E-state index contributed by atoms with van der Waals surface area (Å²) in [5, 5.41) is 0. The average molecular weight is 157 g/mol. The van der Waals surface area contributed by atoms with Crippen LogP contribution in [-0.2, 0) is 6.54 Å². The summed E-state index contributed by atoms with van der Waals surface area (Å²) in [5.74, 6) is 0. The van der Waals surface area contributed by atoms with Crippen LogP contribution in [-0.4, -0.2) is 3.96 Å². The molecule has 0 radical (unpaired) electrons. The summed E-state index contributed by atoms with van der Waals surface area (Å²) in [5.41, 5.74) is 0. The van der Waals surface area contributed by atoms with E-state index >= 15 is 0 Å². The molecule has 0 aliphatic heterocycles. The van der Waals surface area contributed by atoms with Gasteiger partial charge in [-0.15, -0.1) is 0 Å². The van der Waals surface area contributed by atoms with Crippen molar-refractivity contribution in [1.82, 2.24) is 3.96 Å². The Morgan fingerprint density at radius 3 is 3.00 bits per heavy atom. The van der Waals surface area contributed by atoms with Crippen molar-refractivity contribution < 1.29 is 0 Å². The van der Waals surface area contributed by atoms with Gasteiger partial charge in [0.25, 0.3) is 0 Å². The van der Waals surface area contributed by atoms with Gasteiger partial charge in [-0.25, -0.2) is 0 Å². The van der Waals surface area contributed by atoms with Crippen LogP contribution in [0.1, 0.15) is 19.8 Å². The van der Waals surface area contributed by atoms with Gasteiger partial charge < -0.3 is 3.96 Å². The minimum absolute atomic E-state index is 0.149. The van der Waals surface area contributed by atoms with Crippen LogP contribution in [0.5, 0.6) is 0 Å². The van der Waals surface area contributed by atoms with Crippen LogP contribution in [0.25, 0.3) is 0 Å². The minimum atomic E-state index is 0.149. The maximum Gasteiger partial charge on any atom is 0.249 e. The molecule has 0 aliphatic rings. The first-order valence-corrected chi connectivity index (χ1v) is 4.27. The van der Waals surface area contributed by atoms with Gasteiger partial charge in [0.05, 0.1) is 0 Å². The third kappa shape index (κ3) is 1.99. The van der Waals surface area contributed by atoms with Gasteiger partial charge in [0, 0.05) is 18.8 Å². The first-order chi connectivity index (χ1) is 4.83. The third-order valence-corrected chi connectivity index (χ3v) is 2.17. The molecule has 0 aromatic carbocycles. The highest BCUT2D eigenvalue weighted by Gasteiger charge is 1.90. The molecule has 0 unspecified atom stereocenters. The molecule has 10 heavy (non-hydrogen) atoms. The van der Waals surface area contributed by atoms with Crippen LogP contribution in [0.15, 0.2) is 17.1 Å². The monoisotopic (exact) mass is 157 g/mol. The zero-order valence-electron chi connectivity index (χ0n) is 6.04. The smallest absolute Gasteiger partial charge is 0.249 e. The first-order valence-electron chi connectivity index (χ1n) is 3.49. The van der Waals surface area contributed by atoms with Crippen LogP contribution < -0.4 is 4.74 Å². The number of nitrogens with zero attached hydrogens (tertiary/aromatic N) is 1. The largest absolute Gasteiger partial charge is 0.302 e. The van der Waals surface area contributed by atoms with E-state index in [9.17, 15) is 4.79 Å². The molecule has 0 N–H and O–H groups in total. The summed E-state index contributed by atoms with van der Waals surface area (Å²) in [7, 11) is 0. The van der Waals surface area contributed by atoms with E-state index in [2.05, 4.69) is 6.92 Å². The summed E-state index contributed by atoms with van der Waals surface area (Å²) in [6.45, 7) is 3.13. The highest BCUT2D eigenvalue weighted by Crippen LogP contribution is 1.96. The minimum Gasteiger partial charge on any atom is -0.302 e. The molecule has 0 saturated carbocycles. The number of hydrogen-bond acceptors (Lipinski definition) is 2. The van der Waals surface area contributed by atoms with Crippen LogP contribution in [0.4, 0.5) is 0 Å². The van der Waals surface area contributed by atoms with Crippen LogP contribution in [0.3, 0.4) is 0 Å². The molecule has 2 nitrogen and oxygen atoms in total. The summed E-state index contributed by atoms with van der Waals surface area (Å²) < 4.78 is 2.13. The number of aryl methyl sites for hydroxylation is 1. The Morgan fingerprint density at radius 1 is 1.70 bits per heavy atom. The molecule has 0 aliphatic carbocycles. The lowest BCUT2D eigenvalue weighted by Gasteiger charge is -1.95. The average Bonchev–Trinajstić information content (AvgIpc) is 2.31.